The standard InChI is InChI=1S/C15H18N2S/c1-10(2)14-8-16-15(18)17(14)9-12-7-11-5-3-4-6-13(11)12/h3-6,8,10,12H,7,9H2,1-2H3,(H,16,18). The zero-order chi connectivity index (χ0) is 12.7. The van der Waals surface area contributed by atoms with Crippen molar-refractivity contribution in [3.63, 3.8) is 0 Å². The second-order valence-corrected chi connectivity index (χ2v) is 5.77. The molecule has 1 aliphatic rings. The number of fused-ring (bicyclic) bond motifs is 1. The lowest BCUT2D eigenvalue weighted by atomic mass is 9.77. The zero-order valence-corrected chi connectivity index (χ0v) is 11.6. The molecule has 0 bridgehead atoms. The fourth-order valence-electron chi connectivity index (χ4n) is 2.82. The van der Waals surface area contributed by atoms with Gasteiger partial charge < -0.3 is 9.55 Å². The van der Waals surface area contributed by atoms with E-state index in [2.05, 4.69) is 53.9 Å². The van der Waals surface area contributed by atoms with Crippen LogP contribution >= 0.6 is 12.2 Å². The molecule has 3 rings (SSSR count). The van der Waals surface area contributed by atoms with E-state index in [1.54, 1.807) is 0 Å². The van der Waals surface area contributed by atoms with Crippen LogP contribution in [0, 0.1) is 4.77 Å². The summed E-state index contributed by atoms with van der Waals surface area (Å²) < 4.78 is 3.11. The van der Waals surface area contributed by atoms with Crippen molar-refractivity contribution in [1.82, 2.24) is 9.55 Å². The molecule has 94 valence electrons. The first-order valence-electron chi connectivity index (χ1n) is 6.52. The number of aromatic nitrogens is 2. The second kappa shape index (κ2) is 4.39. The van der Waals surface area contributed by atoms with Gasteiger partial charge in [0.2, 0.25) is 0 Å². The van der Waals surface area contributed by atoms with Crippen LogP contribution in [0.1, 0.15) is 42.5 Å². The van der Waals surface area contributed by atoms with Crippen LogP contribution in [0.2, 0.25) is 0 Å². The molecule has 1 aromatic carbocycles. The quantitative estimate of drug-likeness (QED) is 0.825. The molecule has 1 aliphatic carbocycles. The minimum atomic E-state index is 0.508. The van der Waals surface area contributed by atoms with E-state index in [0.29, 0.717) is 11.8 Å². The molecule has 1 N–H and O–H groups in total. The van der Waals surface area contributed by atoms with Crippen molar-refractivity contribution >= 4 is 12.2 Å². The van der Waals surface area contributed by atoms with Gasteiger partial charge in [0.15, 0.2) is 4.77 Å². The summed E-state index contributed by atoms with van der Waals surface area (Å²) in [6, 6.07) is 8.72. The van der Waals surface area contributed by atoms with Crippen molar-refractivity contribution in [2.45, 2.75) is 38.6 Å². The highest BCUT2D eigenvalue weighted by molar-refractivity contribution is 7.71. The van der Waals surface area contributed by atoms with E-state index in [9.17, 15) is 0 Å². The van der Waals surface area contributed by atoms with E-state index in [0.717, 1.165) is 11.3 Å². The molecule has 1 aromatic heterocycles. The predicted molar refractivity (Wildman–Crippen MR) is 76.6 cm³/mol. The number of nitrogens with zero attached hydrogens (tertiary/aromatic N) is 1. The molecule has 0 saturated carbocycles. The van der Waals surface area contributed by atoms with Crippen molar-refractivity contribution in [2.75, 3.05) is 0 Å². The maximum atomic E-state index is 5.39. The van der Waals surface area contributed by atoms with Crippen molar-refractivity contribution < 1.29 is 0 Å². The Hall–Kier alpha value is -1.35. The van der Waals surface area contributed by atoms with Crippen molar-refractivity contribution in [3.05, 3.63) is 52.1 Å². The van der Waals surface area contributed by atoms with Crippen LogP contribution in [-0.2, 0) is 13.0 Å². The van der Waals surface area contributed by atoms with Crippen molar-refractivity contribution in [3.8, 4) is 0 Å². The first-order chi connectivity index (χ1) is 8.66. The number of hydrogen-bond donors (Lipinski definition) is 1. The Morgan fingerprint density at radius 1 is 1.39 bits per heavy atom. The van der Waals surface area contributed by atoms with Gasteiger partial charge in [0, 0.05) is 24.4 Å². The highest BCUT2D eigenvalue weighted by Crippen LogP contribution is 2.36. The minimum absolute atomic E-state index is 0.508. The largest absolute Gasteiger partial charge is 0.337 e. The SMILES string of the molecule is CC(C)c1c[nH]c(=S)n1CC1Cc2ccccc21. The van der Waals surface area contributed by atoms with E-state index >= 15 is 0 Å². The Kier molecular flexibility index (Phi) is 2.86. The molecule has 3 heteroatoms. The van der Waals surface area contributed by atoms with Crippen LogP contribution in [0.3, 0.4) is 0 Å². The smallest absolute Gasteiger partial charge is 0.177 e. The average molecular weight is 258 g/mol. The van der Waals surface area contributed by atoms with E-state index in [1.807, 2.05) is 0 Å². The lowest BCUT2D eigenvalue weighted by molar-refractivity contribution is 0.488. The molecule has 0 saturated heterocycles. The number of benzene rings is 1. The first kappa shape index (κ1) is 11.7. The first-order valence-corrected chi connectivity index (χ1v) is 6.93. The highest BCUT2D eigenvalue weighted by Gasteiger charge is 2.26. The van der Waals surface area contributed by atoms with Gasteiger partial charge in [0.05, 0.1) is 0 Å². The highest BCUT2D eigenvalue weighted by atomic mass is 32.1. The Labute approximate surface area is 113 Å². The van der Waals surface area contributed by atoms with Crippen LogP contribution in [0.15, 0.2) is 30.5 Å². The van der Waals surface area contributed by atoms with E-state index in [1.165, 1.54) is 23.2 Å². The van der Waals surface area contributed by atoms with E-state index in [-0.39, 0.29) is 0 Å². The minimum Gasteiger partial charge on any atom is -0.337 e. The van der Waals surface area contributed by atoms with Crippen molar-refractivity contribution in [2.24, 2.45) is 0 Å². The summed E-state index contributed by atoms with van der Waals surface area (Å²) in [4.78, 5) is 3.17. The molecule has 0 radical (unpaired) electrons. The normalized spacial score (nSPS) is 17.6. The van der Waals surface area contributed by atoms with Gasteiger partial charge in [-0.3, -0.25) is 0 Å². The Bertz CT molecular complexity index is 621. The molecule has 0 aliphatic heterocycles. The lowest BCUT2D eigenvalue weighted by Gasteiger charge is -2.31. The van der Waals surface area contributed by atoms with E-state index < -0.39 is 0 Å². The van der Waals surface area contributed by atoms with Crippen molar-refractivity contribution in [1.29, 1.82) is 0 Å². The maximum absolute atomic E-state index is 5.39. The third-order valence-electron chi connectivity index (χ3n) is 3.86. The second-order valence-electron chi connectivity index (χ2n) is 5.38. The Morgan fingerprint density at radius 3 is 2.89 bits per heavy atom. The average Bonchev–Trinajstić information content (AvgIpc) is 2.68. The number of hydrogen-bond acceptors (Lipinski definition) is 1. The fourth-order valence-corrected chi connectivity index (χ4v) is 3.06. The van der Waals surface area contributed by atoms with Gasteiger partial charge in [-0.2, -0.15) is 0 Å². The number of H-pyrrole nitrogens is 1. The summed E-state index contributed by atoms with van der Waals surface area (Å²) >= 11 is 5.39. The molecule has 18 heavy (non-hydrogen) atoms. The molecular formula is C15H18N2S. The van der Waals surface area contributed by atoms with Gasteiger partial charge in [-0.05, 0) is 35.7 Å². The third-order valence-corrected chi connectivity index (χ3v) is 4.19. The lowest BCUT2D eigenvalue weighted by Crippen LogP contribution is -2.23. The zero-order valence-electron chi connectivity index (χ0n) is 10.8. The maximum Gasteiger partial charge on any atom is 0.177 e. The Balaban J connectivity index is 1.88. The monoisotopic (exact) mass is 258 g/mol. The van der Waals surface area contributed by atoms with Gasteiger partial charge in [0.25, 0.3) is 0 Å². The predicted octanol–water partition coefficient (Wildman–Crippen LogP) is 4.01. The number of imidazole rings is 1. The summed E-state index contributed by atoms with van der Waals surface area (Å²) in [6.07, 6.45) is 3.23. The molecular weight excluding hydrogens is 240 g/mol. The van der Waals surface area contributed by atoms with Crippen LogP contribution < -0.4 is 0 Å². The molecule has 2 aromatic rings. The van der Waals surface area contributed by atoms with E-state index in [4.69, 9.17) is 12.2 Å². The van der Waals surface area contributed by atoms with Gasteiger partial charge >= 0.3 is 0 Å². The summed E-state index contributed by atoms with van der Waals surface area (Å²) in [5, 5.41) is 0. The summed E-state index contributed by atoms with van der Waals surface area (Å²) in [6.45, 7) is 5.43. The molecule has 1 unspecified atom stereocenters. The molecule has 0 amide bonds. The fraction of sp³-hybridized carbons (Fsp3) is 0.400. The van der Waals surface area contributed by atoms with Gasteiger partial charge in [0.1, 0.15) is 0 Å². The third kappa shape index (κ3) is 1.83. The van der Waals surface area contributed by atoms with Gasteiger partial charge in [-0.1, -0.05) is 38.1 Å². The van der Waals surface area contributed by atoms with Crippen LogP contribution in [0.4, 0.5) is 0 Å². The van der Waals surface area contributed by atoms with Crippen LogP contribution in [-0.4, -0.2) is 9.55 Å². The molecule has 1 atom stereocenters. The molecule has 0 fully saturated rings. The summed E-state index contributed by atoms with van der Waals surface area (Å²) in [7, 11) is 0. The topological polar surface area (TPSA) is 20.7 Å². The van der Waals surface area contributed by atoms with Crippen LogP contribution in [0.25, 0.3) is 0 Å². The summed E-state index contributed by atoms with van der Waals surface area (Å²) in [5.74, 6) is 1.13. The number of aromatic amines is 1. The van der Waals surface area contributed by atoms with Gasteiger partial charge in [-0.15, -0.1) is 0 Å². The molecule has 2 nitrogen and oxygen atoms in total. The van der Waals surface area contributed by atoms with Gasteiger partial charge in [-0.25, -0.2) is 0 Å². The Morgan fingerprint density at radius 2 is 2.17 bits per heavy atom. The molecule has 0 spiro atoms. The summed E-state index contributed by atoms with van der Waals surface area (Å²) in [5.41, 5.74) is 4.30. The number of rotatable bonds is 3. The van der Waals surface area contributed by atoms with Crippen LogP contribution in [0.5, 0.6) is 0 Å². The molecule has 1 heterocycles. The number of nitrogens with one attached hydrogen (secondary N) is 1.